The third-order valence-corrected chi connectivity index (χ3v) is 4.38. The molecule has 0 unspecified atom stereocenters. The predicted molar refractivity (Wildman–Crippen MR) is 81.0 cm³/mol. The van der Waals surface area contributed by atoms with Crippen LogP contribution in [0.3, 0.4) is 0 Å². The predicted octanol–water partition coefficient (Wildman–Crippen LogP) is 4.44. The number of aromatic nitrogens is 2. The summed E-state index contributed by atoms with van der Waals surface area (Å²) in [6.07, 6.45) is 3.73. The Morgan fingerprint density at radius 3 is 2.74 bits per heavy atom. The Morgan fingerprint density at radius 1 is 1.16 bits per heavy atom. The highest BCUT2D eigenvalue weighted by Gasteiger charge is 2.04. The first-order valence-electron chi connectivity index (χ1n) is 6.16. The average molecular weight is 289 g/mol. The first-order chi connectivity index (χ1) is 9.22. The van der Waals surface area contributed by atoms with Crippen molar-refractivity contribution in [1.29, 1.82) is 0 Å². The molecule has 0 spiro atoms. The van der Waals surface area contributed by atoms with Gasteiger partial charge in [0.2, 0.25) is 0 Å². The van der Waals surface area contributed by atoms with E-state index in [2.05, 4.69) is 34.4 Å². The maximum Gasteiger partial charge on any atom is 0.130 e. The van der Waals surface area contributed by atoms with Crippen molar-refractivity contribution >= 4 is 33.2 Å². The van der Waals surface area contributed by atoms with Crippen molar-refractivity contribution in [1.82, 2.24) is 9.97 Å². The molecule has 0 saturated carbocycles. The molecule has 0 radical (unpaired) electrons. The minimum Gasteiger partial charge on any atom is -0.241 e. The third kappa shape index (κ3) is 2.77. The molecule has 0 aliphatic rings. The van der Waals surface area contributed by atoms with E-state index in [0.717, 1.165) is 28.5 Å². The first-order valence-corrected chi connectivity index (χ1v) is 7.42. The number of halogens is 1. The molecule has 3 rings (SSSR count). The highest BCUT2D eigenvalue weighted by molar-refractivity contribution is 7.16. The van der Waals surface area contributed by atoms with E-state index in [1.807, 2.05) is 18.3 Å². The van der Waals surface area contributed by atoms with Gasteiger partial charge in [0, 0.05) is 23.0 Å². The molecule has 2 heterocycles. The smallest absolute Gasteiger partial charge is 0.130 e. The Hall–Kier alpha value is -1.45. The second kappa shape index (κ2) is 5.27. The molecular weight excluding hydrogens is 276 g/mol. The van der Waals surface area contributed by atoms with E-state index in [-0.39, 0.29) is 0 Å². The largest absolute Gasteiger partial charge is 0.241 e. The van der Waals surface area contributed by atoms with Gasteiger partial charge in [-0.1, -0.05) is 23.7 Å². The number of benzene rings is 1. The molecule has 0 atom stereocenters. The van der Waals surface area contributed by atoms with Crippen molar-refractivity contribution in [2.75, 3.05) is 0 Å². The topological polar surface area (TPSA) is 25.8 Å². The van der Waals surface area contributed by atoms with Gasteiger partial charge in [0.05, 0.1) is 0 Å². The number of thiophene rings is 1. The summed E-state index contributed by atoms with van der Waals surface area (Å²) in [6, 6.07) is 7.94. The normalized spacial score (nSPS) is 11.1. The molecule has 1 aromatic carbocycles. The van der Waals surface area contributed by atoms with Crippen LogP contribution in [0.4, 0.5) is 0 Å². The molecule has 19 heavy (non-hydrogen) atoms. The second-order valence-corrected chi connectivity index (χ2v) is 5.84. The monoisotopic (exact) mass is 288 g/mol. The van der Waals surface area contributed by atoms with Crippen LogP contribution in [0.1, 0.15) is 17.0 Å². The molecule has 0 aliphatic carbocycles. The lowest BCUT2D eigenvalue weighted by molar-refractivity contribution is 0.871. The quantitative estimate of drug-likeness (QED) is 0.712. The average Bonchev–Trinajstić information content (AvgIpc) is 2.79. The van der Waals surface area contributed by atoms with Crippen LogP contribution in [0.2, 0.25) is 5.02 Å². The summed E-state index contributed by atoms with van der Waals surface area (Å²) in [4.78, 5) is 10.1. The molecule has 2 aromatic heterocycles. The maximum absolute atomic E-state index is 5.87. The van der Waals surface area contributed by atoms with E-state index < -0.39 is 0 Å². The molecule has 96 valence electrons. The van der Waals surface area contributed by atoms with Gasteiger partial charge in [-0.15, -0.1) is 11.3 Å². The van der Waals surface area contributed by atoms with Crippen LogP contribution < -0.4 is 0 Å². The Labute approximate surface area is 121 Å². The standard InChI is InChI=1S/C15H13ClN2S/c1-10-9-19-15-13(10)8-17-14(18-15)7-4-11-2-5-12(16)6-3-11/h2-3,5-6,8-9H,4,7H2,1H3. The number of hydrogen-bond donors (Lipinski definition) is 0. The van der Waals surface area contributed by atoms with E-state index in [9.17, 15) is 0 Å². The summed E-state index contributed by atoms with van der Waals surface area (Å²) >= 11 is 7.56. The highest BCUT2D eigenvalue weighted by Crippen LogP contribution is 2.22. The molecule has 0 amide bonds. The fourth-order valence-electron chi connectivity index (χ4n) is 2.00. The fourth-order valence-corrected chi connectivity index (χ4v) is 3.04. The maximum atomic E-state index is 5.87. The van der Waals surface area contributed by atoms with Gasteiger partial charge in [-0.2, -0.15) is 0 Å². The van der Waals surface area contributed by atoms with Crippen molar-refractivity contribution in [3.8, 4) is 0 Å². The lowest BCUT2D eigenvalue weighted by Crippen LogP contribution is -1.97. The summed E-state index contributed by atoms with van der Waals surface area (Å²) in [7, 11) is 0. The third-order valence-electron chi connectivity index (χ3n) is 3.13. The second-order valence-electron chi connectivity index (χ2n) is 4.55. The molecule has 0 N–H and O–H groups in total. The van der Waals surface area contributed by atoms with E-state index in [1.165, 1.54) is 16.5 Å². The minimum atomic E-state index is 0.774. The molecular formula is C15H13ClN2S. The van der Waals surface area contributed by atoms with Gasteiger partial charge < -0.3 is 0 Å². The Morgan fingerprint density at radius 2 is 1.95 bits per heavy atom. The zero-order chi connectivity index (χ0) is 13.2. The Bertz CT molecular complexity index is 704. The number of aryl methyl sites for hydroxylation is 3. The Balaban J connectivity index is 1.76. The zero-order valence-corrected chi connectivity index (χ0v) is 12.1. The van der Waals surface area contributed by atoms with E-state index in [0.29, 0.717) is 0 Å². The fraction of sp³-hybridized carbons (Fsp3) is 0.200. The number of hydrogen-bond acceptors (Lipinski definition) is 3. The minimum absolute atomic E-state index is 0.774. The lowest BCUT2D eigenvalue weighted by Gasteiger charge is -2.01. The van der Waals surface area contributed by atoms with Crippen molar-refractivity contribution in [3.05, 3.63) is 57.8 Å². The first kappa shape index (κ1) is 12.6. The van der Waals surface area contributed by atoms with Gasteiger partial charge in [0.1, 0.15) is 10.7 Å². The van der Waals surface area contributed by atoms with Crippen LogP contribution in [-0.4, -0.2) is 9.97 Å². The van der Waals surface area contributed by atoms with Crippen molar-refractivity contribution in [2.45, 2.75) is 19.8 Å². The molecule has 3 aromatic rings. The van der Waals surface area contributed by atoms with Crippen LogP contribution in [0.15, 0.2) is 35.8 Å². The summed E-state index contributed by atoms with van der Waals surface area (Å²) in [6.45, 7) is 2.09. The van der Waals surface area contributed by atoms with Crippen molar-refractivity contribution in [2.24, 2.45) is 0 Å². The van der Waals surface area contributed by atoms with Gasteiger partial charge in [-0.05, 0) is 42.0 Å². The summed E-state index contributed by atoms with van der Waals surface area (Å²) < 4.78 is 0. The highest BCUT2D eigenvalue weighted by atomic mass is 35.5. The molecule has 0 aliphatic heterocycles. The van der Waals surface area contributed by atoms with Crippen LogP contribution in [-0.2, 0) is 12.8 Å². The lowest BCUT2D eigenvalue weighted by atomic mass is 10.1. The van der Waals surface area contributed by atoms with Gasteiger partial charge in [-0.25, -0.2) is 9.97 Å². The van der Waals surface area contributed by atoms with Gasteiger partial charge in [0.15, 0.2) is 0 Å². The van der Waals surface area contributed by atoms with Gasteiger partial charge >= 0.3 is 0 Å². The van der Waals surface area contributed by atoms with Gasteiger partial charge in [-0.3, -0.25) is 0 Å². The van der Waals surface area contributed by atoms with Crippen LogP contribution >= 0.6 is 22.9 Å². The SMILES string of the molecule is Cc1csc2nc(CCc3ccc(Cl)cc3)ncc12. The van der Waals surface area contributed by atoms with Crippen LogP contribution in [0.25, 0.3) is 10.2 Å². The molecule has 2 nitrogen and oxygen atoms in total. The molecule has 0 saturated heterocycles. The number of fused-ring (bicyclic) bond motifs is 1. The van der Waals surface area contributed by atoms with Crippen molar-refractivity contribution in [3.63, 3.8) is 0 Å². The summed E-state index contributed by atoms with van der Waals surface area (Å²) in [5, 5.41) is 4.07. The molecule has 0 bridgehead atoms. The van der Waals surface area contributed by atoms with E-state index in [1.54, 1.807) is 11.3 Å². The van der Waals surface area contributed by atoms with E-state index in [4.69, 9.17) is 11.6 Å². The number of rotatable bonds is 3. The van der Waals surface area contributed by atoms with E-state index >= 15 is 0 Å². The number of nitrogens with zero attached hydrogens (tertiary/aromatic N) is 2. The molecule has 0 fully saturated rings. The summed E-state index contributed by atoms with van der Waals surface area (Å²) in [5.74, 6) is 0.907. The van der Waals surface area contributed by atoms with Crippen LogP contribution in [0, 0.1) is 6.92 Å². The summed E-state index contributed by atoms with van der Waals surface area (Å²) in [5.41, 5.74) is 2.51. The van der Waals surface area contributed by atoms with Crippen LogP contribution in [0.5, 0.6) is 0 Å². The zero-order valence-electron chi connectivity index (χ0n) is 10.6. The van der Waals surface area contributed by atoms with Crippen molar-refractivity contribution < 1.29 is 0 Å². The molecule has 4 heteroatoms. The van der Waals surface area contributed by atoms with Gasteiger partial charge in [0.25, 0.3) is 0 Å². The Kier molecular flexibility index (Phi) is 3.49.